The number of imide groups is 2. The van der Waals surface area contributed by atoms with Crippen LogP contribution >= 0.6 is 0 Å². The van der Waals surface area contributed by atoms with Gasteiger partial charge in [0.15, 0.2) is 0 Å². The maximum atomic E-state index is 12.9. The lowest BCUT2D eigenvalue weighted by molar-refractivity contribution is -0.136. The predicted molar refractivity (Wildman–Crippen MR) is 124 cm³/mol. The molecule has 1 spiro atoms. The Balaban J connectivity index is 1.05. The van der Waals surface area contributed by atoms with E-state index in [1.54, 1.807) is 18.2 Å². The maximum absolute atomic E-state index is 12.9. The van der Waals surface area contributed by atoms with Gasteiger partial charge in [-0.05, 0) is 74.6 Å². The number of fused-ring (bicyclic) bond motifs is 1. The fourth-order valence-electron chi connectivity index (χ4n) is 6.12. The first-order chi connectivity index (χ1) is 16.4. The molecule has 8 heteroatoms. The van der Waals surface area contributed by atoms with E-state index in [4.69, 9.17) is 4.74 Å². The van der Waals surface area contributed by atoms with E-state index >= 15 is 0 Å². The molecule has 1 atom stereocenters. The second-order valence-electron chi connectivity index (χ2n) is 10.5. The molecule has 2 saturated heterocycles. The number of nitrogens with one attached hydrogen (secondary N) is 1. The molecule has 5 rings (SSSR count). The zero-order chi connectivity index (χ0) is 23.9. The Morgan fingerprint density at radius 3 is 2.53 bits per heavy atom. The molecule has 1 saturated carbocycles. The molecule has 4 aliphatic rings. The van der Waals surface area contributed by atoms with Crippen LogP contribution in [0.5, 0.6) is 5.75 Å². The van der Waals surface area contributed by atoms with Gasteiger partial charge in [0.25, 0.3) is 11.8 Å². The van der Waals surface area contributed by atoms with E-state index in [0.29, 0.717) is 17.8 Å². The Morgan fingerprint density at radius 2 is 1.79 bits per heavy atom. The van der Waals surface area contributed by atoms with Crippen LogP contribution in [-0.4, -0.2) is 65.7 Å². The zero-order valence-electron chi connectivity index (χ0n) is 19.8. The Labute approximate surface area is 200 Å². The minimum Gasteiger partial charge on any atom is -0.494 e. The number of piperidine rings is 1. The summed E-state index contributed by atoms with van der Waals surface area (Å²) >= 11 is 0. The van der Waals surface area contributed by atoms with Crippen molar-refractivity contribution < 1.29 is 23.9 Å². The summed E-state index contributed by atoms with van der Waals surface area (Å²) in [6.45, 7) is 6.56. The summed E-state index contributed by atoms with van der Waals surface area (Å²) in [5.74, 6) is -0.484. The van der Waals surface area contributed by atoms with Crippen molar-refractivity contribution in [1.82, 2.24) is 15.1 Å². The maximum Gasteiger partial charge on any atom is 0.262 e. The predicted octanol–water partition coefficient (Wildman–Crippen LogP) is 2.76. The Kier molecular flexibility index (Phi) is 6.18. The zero-order valence-corrected chi connectivity index (χ0v) is 19.8. The Morgan fingerprint density at radius 1 is 1.03 bits per heavy atom. The summed E-state index contributed by atoms with van der Waals surface area (Å²) in [5, 5.41) is 2.21. The molecule has 1 aromatic rings. The molecule has 0 aromatic heterocycles. The quantitative estimate of drug-likeness (QED) is 0.443. The smallest absolute Gasteiger partial charge is 0.262 e. The number of hydrogen-bond acceptors (Lipinski definition) is 6. The van der Waals surface area contributed by atoms with E-state index in [1.165, 1.54) is 32.4 Å². The molecule has 3 heterocycles. The van der Waals surface area contributed by atoms with Crippen LogP contribution in [0.4, 0.5) is 0 Å². The third-order valence-electron chi connectivity index (χ3n) is 7.94. The molecule has 34 heavy (non-hydrogen) atoms. The monoisotopic (exact) mass is 467 g/mol. The first-order valence-corrected chi connectivity index (χ1v) is 12.6. The highest BCUT2D eigenvalue weighted by molar-refractivity contribution is 6.23. The fraction of sp³-hybridized carbons (Fsp3) is 0.615. The average Bonchev–Trinajstić information content (AvgIpc) is 3.00. The van der Waals surface area contributed by atoms with E-state index in [2.05, 4.69) is 17.1 Å². The van der Waals surface area contributed by atoms with Crippen molar-refractivity contribution in [2.45, 2.75) is 64.3 Å². The van der Waals surface area contributed by atoms with Crippen molar-refractivity contribution in [3.63, 3.8) is 0 Å². The van der Waals surface area contributed by atoms with Crippen LogP contribution < -0.4 is 10.1 Å². The van der Waals surface area contributed by atoms with Crippen molar-refractivity contribution in [3.05, 3.63) is 29.3 Å². The highest BCUT2D eigenvalue weighted by atomic mass is 16.5. The van der Waals surface area contributed by atoms with Crippen molar-refractivity contribution in [1.29, 1.82) is 0 Å². The Hall–Kier alpha value is -2.74. The highest BCUT2D eigenvalue weighted by Crippen LogP contribution is 2.52. The van der Waals surface area contributed by atoms with Gasteiger partial charge in [0, 0.05) is 19.5 Å². The first kappa shape index (κ1) is 23.0. The van der Waals surface area contributed by atoms with E-state index in [-0.39, 0.29) is 29.9 Å². The molecule has 1 unspecified atom stereocenters. The molecule has 3 fully saturated rings. The molecule has 8 nitrogen and oxygen atoms in total. The van der Waals surface area contributed by atoms with E-state index in [9.17, 15) is 19.2 Å². The van der Waals surface area contributed by atoms with Crippen LogP contribution in [0, 0.1) is 11.3 Å². The van der Waals surface area contributed by atoms with Crippen molar-refractivity contribution in [2.75, 3.05) is 26.2 Å². The second kappa shape index (κ2) is 9.13. The van der Waals surface area contributed by atoms with Crippen LogP contribution in [0.1, 0.15) is 79.0 Å². The minimum atomic E-state index is -0.951. The number of hydrogen-bond donors (Lipinski definition) is 1. The summed E-state index contributed by atoms with van der Waals surface area (Å²) in [5.41, 5.74) is 1.18. The van der Waals surface area contributed by atoms with Crippen LogP contribution in [-0.2, 0) is 9.59 Å². The lowest BCUT2D eigenvalue weighted by Gasteiger charge is -2.59. The standard InChI is InChI=1S/C26H33N3O5/c1-2-17-13-26(14-17)15-28(16-26)10-4-3-5-11-34-18-6-7-19-20(12-18)25(33)29(24(19)32)21-8-9-22(30)27-23(21)31/h6-7,12,17,21H,2-5,8-11,13-16H2,1H3,(H,27,30,31). The first-order valence-electron chi connectivity index (χ1n) is 12.6. The molecule has 1 aliphatic carbocycles. The van der Waals surface area contributed by atoms with Gasteiger partial charge >= 0.3 is 0 Å². The fourth-order valence-corrected chi connectivity index (χ4v) is 6.12. The third kappa shape index (κ3) is 4.24. The van der Waals surface area contributed by atoms with Gasteiger partial charge < -0.3 is 9.64 Å². The van der Waals surface area contributed by atoms with Crippen LogP contribution in [0.15, 0.2) is 18.2 Å². The molecule has 0 bridgehead atoms. The van der Waals surface area contributed by atoms with Gasteiger partial charge in [0.2, 0.25) is 11.8 Å². The number of nitrogens with zero attached hydrogens (tertiary/aromatic N) is 2. The van der Waals surface area contributed by atoms with Gasteiger partial charge in [-0.2, -0.15) is 0 Å². The molecule has 4 amide bonds. The summed E-state index contributed by atoms with van der Waals surface area (Å²) in [4.78, 5) is 52.7. The van der Waals surface area contributed by atoms with Crippen LogP contribution in [0.25, 0.3) is 0 Å². The van der Waals surface area contributed by atoms with Gasteiger partial charge in [0.1, 0.15) is 11.8 Å². The number of unbranched alkanes of at least 4 members (excludes halogenated alkanes) is 2. The summed E-state index contributed by atoms with van der Waals surface area (Å²) < 4.78 is 5.84. The summed E-state index contributed by atoms with van der Waals surface area (Å²) in [7, 11) is 0. The number of benzene rings is 1. The molecular formula is C26H33N3O5. The van der Waals surface area contributed by atoms with Gasteiger partial charge in [-0.15, -0.1) is 0 Å². The SMILES string of the molecule is CCC1CC2(C1)CN(CCCCCOc1ccc3c(c1)C(=O)N(C1CCC(=O)NC1=O)C3=O)C2. The van der Waals surface area contributed by atoms with Crippen molar-refractivity contribution >= 4 is 23.6 Å². The van der Waals surface area contributed by atoms with Crippen molar-refractivity contribution in [2.24, 2.45) is 11.3 Å². The second-order valence-corrected chi connectivity index (χ2v) is 10.5. The molecule has 182 valence electrons. The van der Waals surface area contributed by atoms with Gasteiger partial charge in [-0.1, -0.05) is 13.3 Å². The number of amides is 4. The number of likely N-dealkylation sites (tertiary alicyclic amines) is 1. The molecule has 1 aromatic carbocycles. The third-order valence-corrected chi connectivity index (χ3v) is 7.94. The summed E-state index contributed by atoms with van der Waals surface area (Å²) in [6, 6.07) is 3.91. The van der Waals surface area contributed by atoms with E-state index < -0.39 is 23.8 Å². The molecular weight excluding hydrogens is 434 g/mol. The lowest BCUT2D eigenvalue weighted by atomic mass is 9.57. The van der Waals surface area contributed by atoms with E-state index in [1.807, 2.05) is 0 Å². The summed E-state index contributed by atoms with van der Waals surface area (Å²) in [6.07, 6.45) is 7.62. The number of rotatable bonds is 9. The lowest BCUT2D eigenvalue weighted by Crippen LogP contribution is -2.62. The normalized spacial score (nSPS) is 24.1. The van der Waals surface area contributed by atoms with Gasteiger partial charge in [-0.3, -0.25) is 29.4 Å². The number of carbonyl (C=O) groups excluding carboxylic acids is 4. The van der Waals surface area contributed by atoms with Crippen LogP contribution in [0.3, 0.4) is 0 Å². The topological polar surface area (TPSA) is 96.0 Å². The van der Waals surface area contributed by atoms with Crippen LogP contribution in [0.2, 0.25) is 0 Å². The van der Waals surface area contributed by atoms with Gasteiger partial charge in [-0.25, -0.2) is 0 Å². The number of ether oxygens (including phenoxy) is 1. The molecule has 3 aliphatic heterocycles. The molecule has 0 radical (unpaired) electrons. The largest absolute Gasteiger partial charge is 0.494 e. The average molecular weight is 468 g/mol. The highest BCUT2D eigenvalue weighted by Gasteiger charge is 2.51. The Bertz CT molecular complexity index is 1010. The minimum absolute atomic E-state index is 0.107. The van der Waals surface area contributed by atoms with Crippen molar-refractivity contribution in [3.8, 4) is 5.75 Å². The molecule has 1 N–H and O–H groups in total. The van der Waals surface area contributed by atoms with Gasteiger partial charge in [0.05, 0.1) is 17.7 Å². The number of carbonyl (C=O) groups is 4. The van der Waals surface area contributed by atoms with E-state index in [0.717, 1.165) is 36.6 Å².